The van der Waals surface area contributed by atoms with E-state index < -0.39 is 0 Å². The molecule has 0 amide bonds. The number of hydrogen-bond donors (Lipinski definition) is 0. The van der Waals surface area contributed by atoms with Gasteiger partial charge < -0.3 is 9.32 Å². The van der Waals surface area contributed by atoms with Crippen molar-refractivity contribution in [2.75, 3.05) is 4.90 Å². The third kappa shape index (κ3) is 4.68. The average Bonchev–Trinajstić information content (AvgIpc) is 3.74. The van der Waals surface area contributed by atoms with Crippen molar-refractivity contribution in [3.8, 4) is 22.3 Å². The Balaban J connectivity index is 1.09. The van der Waals surface area contributed by atoms with E-state index in [0.29, 0.717) is 0 Å². The molecule has 3 heterocycles. The minimum absolute atomic E-state index is 0.837. The van der Waals surface area contributed by atoms with Gasteiger partial charge >= 0.3 is 0 Å². The molecule has 0 spiro atoms. The van der Waals surface area contributed by atoms with Gasteiger partial charge in [0.1, 0.15) is 11.1 Å². The second-order valence-corrected chi connectivity index (χ2v) is 13.5. The molecule has 4 heteroatoms. The van der Waals surface area contributed by atoms with Crippen LogP contribution in [0.1, 0.15) is 0 Å². The summed E-state index contributed by atoms with van der Waals surface area (Å²) >= 11 is 1.85. The molecule has 7 aromatic carbocycles. The van der Waals surface area contributed by atoms with E-state index in [1.807, 2.05) is 23.6 Å². The Hall–Kier alpha value is -6.23. The first-order valence-corrected chi connectivity index (χ1v) is 17.3. The van der Waals surface area contributed by atoms with E-state index in [4.69, 9.17) is 4.42 Å². The second kappa shape index (κ2) is 11.2. The number of furan rings is 1. The summed E-state index contributed by atoms with van der Waals surface area (Å²) in [5.74, 6) is 0. The van der Waals surface area contributed by atoms with Crippen LogP contribution in [0.2, 0.25) is 0 Å². The molecule has 10 rings (SSSR count). The van der Waals surface area contributed by atoms with Crippen LogP contribution in [0.4, 0.5) is 17.1 Å². The maximum absolute atomic E-state index is 6.33. The maximum atomic E-state index is 6.33. The van der Waals surface area contributed by atoms with E-state index >= 15 is 0 Å². The minimum atomic E-state index is 0.837. The summed E-state index contributed by atoms with van der Waals surface area (Å²) in [5.41, 5.74) is 10.6. The van der Waals surface area contributed by atoms with Crippen molar-refractivity contribution in [3.63, 3.8) is 0 Å². The lowest BCUT2D eigenvalue weighted by molar-refractivity contribution is 0.671. The van der Waals surface area contributed by atoms with Gasteiger partial charge in [0.2, 0.25) is 0 Å². The number of hydrogen-bond acceptors (Lipinski definition) is 4. The van der Waals surface area contributed by atoms with Crippen LogP contribution in [0.15, 0.2) is 174 Å². The lowest BCUT2D eigenvalue weighted by Gasteiger charge is -2.26. The Kier molecular flexibility index (Phi) is 6.36. The highest BCUT2D eigenvalue weighted by Gasteiger charge is 2.17. The number of fused-ring (bicyclic) bond motifs is 8. The summed E-state index contributed by atoms with van der Waals surface area (Å²) in [6, 6.07) is 58.6. The molecule has 0 saturated carbocycles. The number of anilines is 3. The van der Waals surface area contributed by atoms with Crippen molar-refractivity contribution < 1.29 is 4.42 Å². The van der Waals surface area contributed by atoms with E-state index in [0.717, 1.165) is 61.0 Å². The van der Waals surface area contributed by atoms with E-state index in [-0.39, 0.29) is 0 Å². The van der Waals surface area contributed by atoms with Crippen LogP contribution in [0.5, 0.6) is 0 Å². The van der Waals surface area contributed by atoms with E-state index in [1.165, 1.54) is 31.3 Å². The van der Waals surface area contributed by atoms with Crippen LogP contribution in [0.3, 0.4) is 0 Å². The van der Waals surface area contributed by atoms with Crippen LogP contribution in [0.25, 0.3) is 75.3 Å². The zero-order valence-electron chi connectivity index (χ0n) is 26.4. The number of thiophene rings is 1. The van der Waals surface area contributed by atoms with Crippen molar-refractivity contribution in [2.45, 2.75) is 0 Å². The second-order valence-electron chi connectivity index (χ2n) is 12.4. The maximum Gasteiger partial charge on any atom is 0.161 e. The fraction of sp³-hybridized carbons (Fsp3) is 0. The quantitative estimate of drug-likeness (QED) is 0.187. The molecule has 3 aromatic heterocycles. The minimum Gasteiger partial charge on any atom is -0.454 e. The molecule has 0 radical (unpaired) electrons. The highest BCUT2D eigenvalue weighted by atomic mass is 32.1. The molecule has 0 atom stereocenters. The fourth-order valence-corrected chi connectivity index (χ4v) is 8.20. The third-order valence-electron chi connectivity index (χ3n) is 9.50. The molecular weight excluding hydrogens is 617 g/mol. The molecule has 230 valence electrons. The standard InChI is InChI=1S/C45H28N2OS/c1-2-8-29(9-3-1)32-10-6-12-35(26-32)47(36-21-24-43-40(28-36)37-13-4-5-14-42(37)49-43)34-19-15-30(16-20-34)33-18-23-41-39(27-33)38-22-17-31-11-7-25-46-44(31)45(38)48-41/h1-28H. The molecule has 0 saturated heterocycles. The van der Waals surface area contributed by atoms with Gasteiger partial charge in [0.05, 0.1) is 0 Å². The SMILES string of the molecule is c1ccc(-c2cccc(N(c3ccc(-c4ccc5oc6c(ccc7cccnc76)c5c4)cc3)c3ccc4sc5ccccc5c4c3)c2)cc1. The van der Waals surface area contributed by atoms with Gasteiger partial charge in [-0.15, -0.1) is 11.3 Å². The molecule has 0 bridgehead atoms. The first kappa shape index (κ1) is 27.8. The van der Waals surface area contributed by atoms with Gasteiger partial charge in [-0.3, -0.25) is 4.98 Å². The highest BCUT2D eigenvalue weighted by Crippen LogP contribution is 2.42. The fourth-order valence-electron chi connectivity index (χ4n) is 7.11. The summed E-state index contributed by atoms with van der Waals surface area (Å²) in [7, 11) is 0. The Morgan fingerprint density at radius 2 is 1.18 bits per heavy atom. The normalized spacial score (nSPS) is 11.7. The van der Waals surface area contributed by atoms with Crippen LogP contribution < -0.4 is 4.90 Å². The van der Waals surface area contributed by atoms with Crippen LogP contribution >= 0.6 is 11.3 Å². The molecular formula is C45H28N2OS. The largest absolute Gasteiger partial charge is 0.454 e. The molecule has 10 aromatic rings. The topological polar surface area (TPSA) is 29.3 Å². The third-order valence-corrected chi connectivity index (χ3v) is 10.7. The van der Waals surface area contributed by atoms with E-state index in [9.17, 15) is 0 Å². The first-order chi connectivity index (χ1) is 24.3. The molecule has 3 nitrogen and oxygen atoms in total. The summed E-state index contributed by atoms with van der Waals surface area (Å²) in [5, 5.41) is 5.83. The lowest BCUT2D eigenvalue weighted by atomic mass is 10.0. The van der Waals surface area contributed by atoms with Gasteiger partial charge in [0.15, 0.2) is 5.58 Å². The number of rotatable bonds is 5. The van der Waals surface area contributed by atoms with Gasteiger partial charge in [0, 0.05) is 59.6 Å². The zero-order valence-corrected chi connectivity index (χ0v) is 27.2. The van der Waals surface area contributed by atoms with Crippen molar-refractivity contribution in [2.24, 2.45) is 0 Å². The number of benzene rings is 7. The Morgan fingerprint density at radius 1 is 0.449 bits per heavy atom. The Labute approximate surface area is 286 Å². The van der Waals surface area contributed by atoms with E-state index in [2.05, 4.69) is 168 Å². The predicted molar refractivity (Wildman–Crippen MR) is 207 cm³/mol. The molecule has 0 aliphatic carbocycles. The van der Waals surface area contributed by atoms with Crippen LogP contribution in [-0.2, 0) is 0 Å². The van der Waals surface area contributed by atoms with Gasteiger partial charge in [-0.1, -0.05) is 91.0 Å². The smallest absolute Gasteiger partial charge is 0.161 e. The van der Waals surface area contributed by atoms with Crippen molar-refractivity contribution in [1.82, 2.24) is 4.98 Å². The van der Waals surface area contributed by atoms with Gasteiger partial charge in [-0.05, 0) is 95.1 Å². The van der Waals surface area contributed by atoms with Crippen molar-refractivity contribution in [1.29, 1.82) is 0 Å². The zero-order chi connectivity index (χ0) is 32.3. The summed E-state index contributed by atoms with van der Waals surface area (Å²) < 4.78 is 8.93. The Bertz CT molecular complexity index is 2830. The number of aromatic nitrogens is 1. The summed E-state index contributed by atoms with van der Waals surface area (Å²) in [4.78, 5) is 6.98. The molecule has 0 fully saturated rings. The van der Waals surface area contributed by atoms with Gasteiger partial charge in [0.25, 0.3) is 0 Å². The molecule has 0 aliphatic rings. The van der Waals surface area contributed by atoms with Crippen LogP contribution in [-0.4, -0.2) is 4.98 Å². The predicted octanol–water partition coefficient (Wildman–Crippen LogP) is 13.3. The lowest BCUT2D eigenvalue weighted by Crippen LogP contribution is -2.10. The molecule has 0 aliphatic heterocycles. The monoisotopic (exact) mass is 644 g/mol. The summed E-state index contributed by atoms with van der Waals surface area (Å²) in [6.45, 7) is 0. The van der Waals surface area contributed by atoms with E-state index in [1.54, 1.807) is 0 Å². The first-order valence-electron chi connectivity index (χ1n) is 16.4. The Morgan fingerprint density at radius 3 is 2.10 bits per heavy atom. The molecule has 49 heavy (non-hydrogen) atoms. The highest BCUT2D eigenvalue weighted by molar-refractivity contribution is 7.25. The average molecular weight is 645 g/mol. The molecule has 0 unspecified atom stereocenters. The number of pyridine rings is 1. The van der Waals surface area contributed by atoms with Gasteiger partial charge in [-0.25, -0.2) is 0 Å². The molecule has 0 N–H and O–H groups in total. The van der Waals surface area contributed by atoms with Crippen molar-refractivity contribution in [3.05, 3.63) is 170 Å². The van der Waals surface area contributed by atoms with Crippen LogP contribution in [0, 0.1) is 0 Å². The number of nitrogens with zero attached hydrogens (tertiary/aromatic N) is 2. The summed E-state index contributed by atoms with van der Waals surface area (Å²) in [6.07, 6.45) is 1.82. The van der Waals surface area contributed by atoms with Gasteiger partial charge in [-0.2, -0.15) is 0 Å². The van der Waals surface area contributed by atoms with Crippen molar-refractivity contribution >= 4 is 81.4 Å².